The number of fused-ring (bicyclic) bond motifs is 5. The minimum Gasteiger partial charge on any atom is -0.342 e. The molecule has 3 saturated carbocycles. The average Bonchev–Trinajstić information content (AvgIpc) is 3.01. The number of allylic oxidation sites excluding steroid dienone is 1. The Morgan fingerprint density at radius 1 is 1.10 bits per heavy atom. The number of hydrogen-bond donors (Lipinski definition) is 0. The molecule has 168 valence electrons. The zero-order valence-electron chi connectivity index (χ0n) is 20.1. The molecule has 31 heavy (non-hydrogen) atoms. The number of aromatic nitrogens is 1. The van der Waals surface area contributed by atoms with E-state index in [0.717, 1.165) is 36.5 Å². The smallest absolute Gasteiger partial charge is 0.222 e. The van der Waals surface area contributed by atoms with Gasteiger partial charge in [-0.2, -0.15) is 0 Å². The molecule has 0 N–H and O–H groups in total. The first-order chi connectivity index (χ1) is 14.8. The Hall–Kier alpha value is -1.64. The lowest BCUT2D eigenvalue weighted by molar-refractivity contribution is -0.165. The summed E-state index contributed by atoms with van der Waals surface area (Å²) in [6, 6.07) is 4.62. The van der Waals surface area contributed by atoms with Crippen molar-refractivity contribution in [3.05, 3.63) is 36.2 Å². The molecule has 3 heteroatoms. The van der Waals surface area contributed by atoms with Crippen LogP contribution in [0.3, 0.4) is 0 Å². The van der Waals surface area contributed by atoms with Crippen LogP contribution >= 0.6 is 0 Å². The maximum atomic E-state index is 12.5. The Kier molecular flexibility index (Phi) is 5.10. The zero-order chi connectivity index (χ0) is 22.0. The molecule has 2 heterocycles. The number of carbonyl (C=O) groups excluding carboxylic acids is 1. The number of nitrogens with zero attached hydrogens (tertiary/aromatic N) is 2. The van der Waals surface area contributed by atoms with Gasteiger partial charge in [0, 0.05) is 31.9 Å². The fourth-order valence-electron chi connectivity index (χ4n) is 8.97. The number of amides is 1. The fourth-order valence-corrected chi connectivity index (χ4v) is 8.97. The van der Waals surface area contributed by atoms with Gasteiger partial charge in [-0.3, -0.25) is 9.78 Å². The van der Waals surface area contributed by atoms with Gasteiger partial charge in [-0.05, 0) is 90.1 Å². The molecular weight excluding hydrogens is 380 g/mol. The van der Waals surface area contributed by atoms with Gasteiger partial charge in [0.1, 0.15) is 0 Å². The van der Waals surface area contributed by atoms with Crippen LogP contribution in [0.25, 0.3) is 6.08 Å². The number of rotatable bonds is 2. The fraction of sp³-hybridized carbons (Fsp3) is 0.714. The second kappa shape index (κ2) is 7.46. The van der Waals surface area contributed by atoms with Crippen molar-refractivity contribution < 1.29 is 4.79 Å². The first-order valence-corrected chi connectivity index (χ1v) is 12.6. The van der Waals surface area contributed by atoms with Crippen molar-refractivity contribution in [2.24, 2.45) is 46.3 Å². The van der Waals surface area contributed by atoms with E-state index in [0.29, 0.717) is 34.6 Å². The van der Waals surface area contributed by atoms with Gasteiger partial charge < -0.3 is 4.90 Å². The number of hydrogen-bond acceptors (Lipinski definition) is 2. The molecule has 2 unspecified atom stereocenters. The molecule has 4 fully saturated rings. The van der Waals surface area contributed by atoms with Crippen LogP contribution < -0.4 is 0 Å². The Labute approximate surface area is 188 Å². The highest BCUT2D eigenvalue weighted by molar-refractivity contribution is 5.77. The molecule has 1 saturated heterocycles. The van der Waals surface area contributed by atoms with Gasteiger partial charge in [0.25, 0.3) is 0 Å². The lowest BCUT2D eigenvalue weighted by atomic mass is 9.44. The van der Waals surface area contributed by atoms with E-state index in [1.54, 1.807) is 0 Å². The van der Waals surface area contributed by atoms with Crippen LogP contribution in [0, 0.1) is 46.3 Å². The predicted molar refractivity (Wildman–Crippen MR) is 126 cm³/mol. The molecule has 5 rings (SSSR count). The first-order valence-electron chi connectivity index (χ1n) is 12.6. The van der Waals surface area contributed by atoms with E-state index >= 15 is 0 Å². The normalized spacial score (nSPS) is 47.2. The molecule has 1 aliphatic heterocycles. The van der Waals surface area contributed by atoms with Crippen LogP contribution in [-0.4, -0.2) is 28.9 Å². The average molecular weight is 421 g/mol. The van der Waals surface area contributed by atoms with E-state index in [1.807, 2.05) is 18.5 Å². The Bertz CT molecular complexity index is 865. The van der Waals surface area contributed by atoms with Crippen molar-refractivity contribution in [2.45, 2.75) is 72.3 Å². The van der Waals surface area contributed by atoms with Crippen LogP contribution in [0.5, 0.6) is 0 Å². The van der Waals surface area contributed by atoms with E-state index in [-0.39, 0.29) is 0 Å². The lowest BCUT2D eigenvalue weighted by Gasteiger charge is -2.63. The summed E-state index contributed by atoms with van der Waals surface area (Å²) in [4.78, 5) is 18.9. The predicted octanol–water partition coefficient (Wildman–Crippen LogP) is 6.07. The van der Waals surface area contributed by atoms with Crippen LogP contribution in [-0.2, 0) is 4.79 Å². The van der Waals surface area contributed by atoms with E-state index in [9.17, 15) is 4.79 Å². The van der Waals surface area contributed by atoms with Gasteiger partial charge in [-0.25, -0.2) is 0 Å². The van der Waals surface area contributed by atoms with Crippen molar-refractivity contribution in [3.8, 4) is 0 Å². The van der Waals surface area contributed by atoms with Crippen LogP contribution in [0.1, 0.15) is 71.8 Å². The van der Waals surface area contributed by atoms with Crippen LogP contribution in [0.2, 0.25) is 0 Å². The highest BCUT2D eigenvalue weighted by atomic mass is 16.2. The van der Waals surface area contributed by atoms with Crippen molar-refractivity contribution in [1.82, 2.24) is 9.88 Å². The van der Waals surface area contributed by atoms with Gasteiger partial charge in [0.05, 0.1) is 0 Å². The standard InChI is InChI=1S/C28H40N2O/c1-18-15-23-26-19(2)16-24-28(4,13-11-25(31)30(24)5)22(26)10-12-27(23,3)21(18)9-8-20-7-6-14-29-17-20/h6-9,14,17-19,21-24,26H,10-13,15-16H2,1-5H3/b9-8+/t18?,19?,21-,22-,23-,24+,26+,27+,28+/m0/s1. The molecule has 1 aromatic rings. The molecule has 0 aromatic carbocycles. The molecule has 3 aliphatic carbocycles. The summed E-state index contributed by atoms with van der Waals surface area (Å²) in [6.45, 7) is 10.1. The Morgan fingerprint density at radius 3 is 2.65 bits per heavy atom. The minimum absolute atomic E-state index is 0.300. The molecule has 9 atom stereocenters. The van der Waals surface area contributed by atoms with Crippen molar-refractivity contribution in [2.75, 3.05) is 7.05 Å². The third-order valence-electron chi connectivity index (χ3n) is 10.5. The molecule has 0 radical (unpaired) electrons. The summed E-state index contributed by atoms with van der Waals surface area (Å²) in [5.74, 6) is 4.82. The van der Waals surface area contributed by atoms with Gasteiger partial charge in [-0.1, -0.05) is 45.9 Å². The summed E-state index contributed by atoms with van der Waals surface area (Å²) in [5.41, 5.74) is 1.91. The summed E-state index contributed by atoms with van der Waals surface area (Å²) < 4.78 is 0. The maximum Gasteiger partial charge on any atom is 0.222 e. The van der Waals surface area contributed by atoms with Crippen molar-refractivity contribution in [1.29, 1.82) is 0 Å². The summed E-state index contributed by atoms with van der Waals surface area (Å²) in [5, 5.41) is 0. The second-order valence-electron chi connectivity index (χ2n) is 12.0. The van der Waals surface area contributed by atoms with Crippen molar-refractivity contribution in [3.63, 3.8) is 0 Å². The number of pyridine rings is 1. The molecule has 1 aromatic heterocycles. The summed E-state index contributed by atoms with van der Waals surface area (Å²) in [7, 11) is 2.07. The second-order valence-corrected chi connectivity index (χ2v) is 12.0. The lowest BCUT2D eigenvalue weighted by Crippen LogP contribution is -2.63. The van der Waals surface area contributed by atoms with Gasteiger partial charge in [-0.15, -0.1) is 0 Å². The molecule has 3 nitrogen and oxygen atoms in total. The minimum atomic E-state index is 0.300. The van der Waals surface area contributed by atoms with Gasteiger partial charge in [0.15, 0.2) is 0 Å². The number of likely N-dealkylation sites (tertiary alicyclic amines) is 1. The maximum absolute atomic E-state index is 12.5. The van der Waals surface area contributed by atoms with Crippen molar-refractivity contribution >= 4 is 12.0 Å². The first kappa shape index (κ1) is 21.2. The van der Waals surface area contributed by atoms with Crippen LogP contribution in [0.15, 0.2) is 30.6 Å². The highest BCUT2D eigenvalue weighted by Crippen LogP contribution is 2.68. The van der Waals surface area contributed by atoms with E-state index in [1.165, 1.54) is 31.2 Å². The molecule has 0 spiro atoms. The molecule has 1 amide bonds. The highest BCUT2D eigenvalue weighted by Gasteiger charge is 2.63. The van der Waals surface area contributed by atoms with E-state index in [4.69, 9.17) is 0 Å². The molecular formula is C28H40N2O. The Balaban J connectivity index is 1.44. The van der Waals surface area contributed by atoms with Gasteiger partial charge in [0.2, 0.25) is 5.91 Å². The largest absolute Gasteiger partial charge is 0.342 e. The number of piperidine rings is 1. The Morgan fingerprint density at radius 2 is 1.90 bits per heavy atom. The van der Waals surface area contributed by atoms with Gasteiger partial charge >= 0.3 is 0 Å². The molecule has 0 bridgehead atoms. The zero-order valence-corrected chi connectivity index (χ0v) is 20.1. The van der Waals surface area contributed by atoms with Crippen LogP contribution in [0.4, 0.5) is 0 Å². The number of carbonyl (C=O) groups is 1. The van der Waals surface area contributed by atoms with E-state index < -0.39 is 0 Å². The quantitative estimate of drug-likeness (QED) is 0.582. The van der Waals surface area contributed by atoms with E-state index in [2.05, 4.69) is 62.8 Å². The molecule has 4 aliphatic rings. The SMILES string of the molecule is CC1C[C@H]2N(C)C(=O)CC[C@]2(C)[C@H]2CC[C@]3(C)[C@@H](/C=C/c4cccnc4)C(C)C[C@H]3[C@H]12. The third-order valence-corrected chi connectivity index (χ3v) is 10.5. The monoisotopic (exact) mass is 420 g/mol. The third kappa shape index (κ3) is 3.13. The summed E-state index contributed by atoms with van der Waals surface area (Å²) in [6.07, 6.45) is 15.7. The topological polar surface area (TPSA) is 33.2 Å². The summed E-state index contributed by atoms with van der Waals surface area (Å²) >= 11 is 0.